The zero-order chi connectivity index (χ0) is 13.2. The van der Waals surface area contributed by atoms with E-state index in [0.717, 1.165) is 32.2 Å². The van der Waals surface area contributed by atoms with E-state index in [4.69, 9.17) is 4.74 Å². The molecule has 106 valence electrons. The summed E-state index contributed by atoms with van der Waals surface area (Å²) in [6, 6.07) is 0. The SMILES string of the molecule is CCC1(C)CNC(C)(C)CN1CC1CCOCC1. The first-order valence-electron chi connectivity index (χ1n) is 7.53. The minimum Gasteiger partial charge on any atom is -0.381 e. The Labute approximate surface area is 112 Å². The second kappa shape index (κ2) is 5.48. The number of nitrogens with one attached hydrogen (secondary N) is 1. The first kappa shape index (κ1) is 14.3. The molecule has 0 aromatic rings. The molecule has 0 spiro atoms. The van der Waals surface area contributed by atoms with Gasteiger partial charge in [-0.05, 0) is 46.0 Å². The van der Waals surface area contributed by atoms with Crippen molar-refractivity contribution in [2.24, 2.45) is 5.92 Å². The Morgan fingerprint density at radius 2 is 1.89 bits per heavy atom. The highest BCUT2D eigenvalue weighted by molar-refractivity contribution is 4.99. The third-order valence-electron chi connectivity index (χ3n) is 4.88. The fourth-order valence-corrected chi connectivity index (χ4v) is 3.14. The van der Waals surface area contributed by atoms with Crippen molar-refractivity contribution in [3.63, 3.8) is 0 Å². The number of piperazine rings is 1. The van der Waals surface area contributed by atoms with Crippen molar-refractivity contribution in [2.75, 3.05) is 32.8 Å². The van der Waals surface area contributed by atoms with Crippen LogP contribution in [0, 0.1) is 5.92 Å². The van der Waals surface area contributed by atoms with Gasteiger partial charge in [-0.1, -0.05) is 6.92 Å². The molecule has 3 heteroatoms. The van der Waals surface area contributed by atoms with Gasteiger partial charge in [-0.3, -0.25) is 4.90 Å². The number of nitrogens with zero attached hydrogens (tertiary/aromatic N) is 1. The fourth-order valence-electron chi connectivity index (χ4n) is 3.14. The summed E-state index contributed by atoms with van der Waals surface area (Å²) < 4.78 is 5.48. The molecular weight excluding hydrogens is 224 g/mol. The van der Waals surface area contributed by atoms with Crippen molar-refractivity contribution in [3.8, 4) is 0 Å². The number of hydrogen-bond acceptors (Lipinski definition) is 3. The summed E-state index contributed by atoms with van der Waals surface area (Å²) in [4.78, 5) is 2.74. The predicted molar refractivity (Wildman–Crippen MR) is 75.9 cm³/mol. The average Bonchev–Trinajstić information content (AvgIpc) is 2.35. The van der Waals surface area contributed by atoms with Crippen LogP contribution in [0.5, 0.6) is 0 Å². The topological polar surface area (TPSA) is 24.5 Å². The average molecular weight is 254 g/mol. The van der Waals surface area contributed by atoms with E-state index in [2.05, 4.69) is 37.9 Å². The van der Waals surface area contributed by atoms with Crippen LogP contribution in [0.1, 0.15) is 47.0 Å². The van der Waals surface area contributed by atoms with Gasteiger partial charge >= 0.3 is 0 Å². The summed E-state index contributed by atoms with van der Waals surface area (Å²) in [6.45, 7) is 14.8. The number of ether oxygens (including phenoxy) is 1. The Balaban J connectivity index is 2.00. The maximum atomic E-state index is 5.48. The maximum Gasteiger partial charge on any atom is 0.0469 e. The van der Waals surface area contributed by atoms with Gasteiger partial charge in [0.05, 0.1) is 0 Å². The lowest BCUT2D eigenvalue weighted by Crippen LogP contribution is -2.67. The molecule has 1 N–H and O–H groups in total. The molecule has 18 heavy (non-hydrogen) atoms. The molecule has 0 radical (unpaired) electrons. The molecule has 0 aromatic heterocycles. The molecule has 0 amide bonds. The molecule has 1 unspecified atom stereocenters. The van der Waals surface area contributed by atoms with Gasteiger partial charge in [-0.2, -0.15) is 0 Å². The molecule has 0 bridgehead atoms. The van der Waals surface area contributed by atoms with Gasteiger partial charge < -0.3 is 10.1 Å². The van der Waals surface area contributed by atoms with Crippen LogP contribution in [0.4, 0.5) is 0 Å². The molecule has 2 aliphatic heterocycles. The lowest BCUT2D eigenvalue weighted by Gasteiger charge is -2.52. The molecule has 0 saturated carbocycles. The van der Waals surface area contributed by atoms with E-state index in [1.165, 1.54) is 25.8 Å². The van der Waals surface area contributed by atoms with E-state index in [-0.39, 0.29) is 5.54 Å². The van der Waals surface area contributed by atoms with Crippen molar-refractivity contribution in [1.82, 2.24) is 10.2 Å². The lowest BCUT2D eigenvalue weighted by molar-refractivity contribution is -0.0104. The van der Waals surface area contributed by atoms with E-state index in [1.807, 2.05) is 0 Å². The Morgan fingerprint density at radius 1 is 1.22 bits per heavy atom. The van der Waals surface area contributed by atoms with Crippen molar-refractivity contribution in [2.45, 2.75) is 58.0 Å². The molecule has 2 saturated heterocycles. The Morgan fingerprint density at radius 3 is 2.50 bits per heavy atom. The van der Waals surface area contributed by atoms with Crippen LogP contribution in [0.3, 0.4) is 0 Å². The first-order chi connectivity index (χ1) is 8.45. The Hall–Kier alpha value is -0.120. The van der Waals surface area contributed by atoms with Crippen LogP contribution in [-0.2, 0) is 4.74 Å². The number of hydrogen-bond donors (Lipinski definition) is 1. The lowest BCUT2D eigenvalue weighted by atomic mass is 9.86. The summed E-state index contributed by atoms with van der Waals surface area (Å²) in [5.41, 5.74) is 0.577. The van der Waals surface area contributed by atoms with Crippen molar-refractivity contribution < 1.29 is 4.74 Å². The Kier molecular flexibility index (Phi) is 4.35. The molecular formula is C15H30N2O. The zero-order valence-corrected chi connectivity index (χ0v) is 12.6. The summed E-state index contributed by atoms with van der Waals surface area (Å²) in [7, 11) is 0. The van der Waals surface area contributed by atoms with E-state index < -0.39 is 0 Å². The van der Waals surface area contributed by atoms with Crippen LogP contribution in [0.25, 0.3) is 0 Å². The van der Waals surface area contributed by atoms with Gasteiger partial charge in [-0.25, -0.2) is 0 Å². The van der Waals surface area contributed by atoms with Gasteiger partial charge in [-0.15, -0.1) is 0 Å². The van der Waals surface area contributed by atoms with Gasteiger partial charge in [0.1, 0.15) is 0 Å². The van der Waals surface area contributed by atoms with E-state index in [9.17, 15) is 0 Å². The molecule has 0 aromatic carbocycles. The van der Waals surface area contributed by atoms with Crippen molar-refractivity contribution in [3.05, 3.63) is 0 Å². The van der Waals surface area contributed by atoms with Crippen LogP contribution < -0.4 is 5.32 Å². The third kappa shape index (κ3) is 3.25. The smallest absolute Gasteiger partial charge is 0.0469 e. The standard InChI is InChI=1S/C15H30N2O/c1-5-15(4)11-16-14(2,3)12-17(15)10-13-6-8-18-9-7-13/h13,16H,5-12H2,1-4H3. The second-order valence-corrected chi connectivity index (χ2v) is 7.02. The zero-order valence-electron chi connectivity index (χ0n) is 12.6. The minimum atomic E-state index is 0.250. The predicted octanol–water partition coefficient (Wildman–Crippen LogP) is 2.27. The minimum absolute atomic E-state index is 0.250. The molecule has 2 aliphatic rings. The molecule has 0 aliphatic carbocycles. The van der Waals surface area contributed by atoms with Gasteiger partial charge in [0.2, 0.25) is 0 Å². The van der Waals surface area contributed by atoms with Crippen LogP contribution in [0.15, 0.2) is 0 Å². The Bertz CT molecular complexity index is 274. The molecule has 2 rings (SSSR count). The molecule has 3 nitrogen and oxygen atoms in total. The largest absolute Gasteiger partial charge is 0.381 e. The van der Waals surface area contributed by atoms with E-state index in [0.29, 0.717) is 5.54 Å². The molecule has 2 heterocycles. The normalized spacial score (nSPS) is 34.7. The first-order valence-corrected chi connectivity index (χ1v) is 7.53. The highest BCUT2D eigenvalue weighted by atomic mass is 16.5. The second-order valence-electron chi connectivity index (χ2n) is 7.02. The van der Waals surface area contributed by atoms with Crippen molar-refractivity contribution >= 4 is 0 Å². The summed E-state index contributed by atoms with van der Waals surface area (Å²) in [5, 5.41) is 3.70. The van der Waals surface area contributed by atoms with E-state index >= 15 is 0 Å². The van der Waals surface area contributed by atoms with Crippen molar-refractivity contribution in [1.29, 1.82) is 0 Å². The van der Waals surface area contributed by atoms with Gasteiger partial charge in [0.25, 0.3) is 0 Å². The van der Waals surface area contributed by atoms with Gasteiger partial charge in [0.15, 0.2) is 0 Å². The summed E-state index contributed by atoms with van der Waals surface area (Å²) in [6.07, 6.45) is 3.70. The fraction of sp³-hybridized carbons (Fsp3) is 1.00. The van der Waals surface area contributed by atoms with Crippen LogP contribution >= 0.6 is 0 Å². The van der Waals surface area contributed by atoms with E-state index in [1.54, 1.807) is 0 Å². The maximum absolute atomic E-state index is 5.48. The summed E-state index contributed by atoms with van der Waals surface area (Å²) >= 11 is 0. The molecule has 2 fully saturated rings. The summed E-state index contributed by atoms with van der Waals surface area (Å²) in [5.74, 6) is 0.832. The highest BCUT2D eigenvalue weighted by Gasteiger charge is 2.40. The third-order valence-corrected chi connectivity index (χ3v) is 4.88. The highest BCUT2D eigenvalue weighted by Crippen LogP contribution is 2.29. The monoisotopic (exact) mass is 254 g/mol. The van der Waals surface area contributed by atoms with Crippen LogP contribution in [0.2, 0.25) is 0 Å². The molecule has 1 atom stereocenters. The van der Waals surface area contributed by atoms with Crippen LogP contribution in [-0.4, -0.2) is 48.8 Å². The van der Waals surface area contributed by atoms with Gasteiger partial charge in [0, 0.05) is 43.9 Å². The quantitative estimate of drug-likeness (QED) is 0.836. The number of rotatable bonds is 3.